The first kappa shape index (κ1) is 17.0. The average molecular weight is 360 g/mol. The first-order valence-corrected chi connectivity index (χ1v) is 9.00. The van der Waals surface area contributed by atoms with Gasteiger partial charge in [0.05, 0.1) is 17.5 Å². The predicted octanol–water partition coefficient (Wildman–Crippen LogP) is 4.26. The predicted molar refractivity (Wildman–Crippen MR) is 106 cm³/mol. The number of carbonyl (C=O) groups excluding carboxylic acids is 1. The molecule has 4 rings (SSSR count). The number of ether oxygens (including phenoxy) is 1. The molecule has 2 aromatic heterocycles. The number of hydrogen-bond acceptors (Lipinski definition) is 4. The van der Waals surface area contributed by atoms with Crippen molar-refractivity contribution in [3.63, 3.8) is 0 Å². The van der Waals surface area contributed by atoms with Crippen LogP contribution in [0.5, 0.6) is 5.75 Å². The Bertz CT molecular complexity index is 1120. The van der Waals surface area contributed by atoms with E-state index in [1.165, 1.54) is 0 Å². The highest BCUT2D eigenvalue weighted by molar-refractivity contribution is 6.08. The summed E-state index contributed by atoms with van der Waals surface area (Å²) < 4.78 is 7.22. The number of aromatic nitrogens is 3. The van der Waals surface area contributed by atoms with Gasteiger partial charge in [-0.25, -0.2) is 9.67 Å². The highest BCUT2D eigenvalue weighted by atomic mass is 16.5. The Morgan fingerprint density at radius 3 is 2.63 bits per heavy atom. The van der Waals surface area contributed by atoms with E-state index in [2.05, 4.69) is 10.4 Å². The summed E-state index contributed by atoms with van der Waals surface area (Å²) in [6.45, 7) is 5.18. The third kappa shape index (κ3) is 3.21. The molecule has 0 aliphatic carbocycles. The normalized spacial score (nSPS) is 11.0. The topological polar surface area (TPSA) is 69.0 Å². The fourth-order valence-corrected chi connectivity index (χ4v) is 3.06. The standard InChI is InChI=1S/C21H20N4O2/c1-3-25-20-17(13-15-7-5-6-8-18(15)22-20)19(24-25)23-21(26)14-9-11-16(12-10-14)27-4-2/h5-13H,3-4H2,1-2H3,(H,23,24,26). The van der Waals surface area contributed by atoms with Gasteiger partial charge in [0.15, 0.2) is 11.5 Å². The Morgan fingerprint density at radius 2 is 1.89 bits per heavy atom. The van der Waals surface area contributed by atoms with Crippen molar-refractivity contribution in [2.75, 3.05) is 11.9 Å². The molecule has 0 radical (unpaired) electrons. The third-order valence-electron chi connectivity index (χ3n) is 4.38. The van der Waals surface area contributed by atoms with Gasteiger partial charge in [-0.05, 0) is 50.2 Å². The van der Waals surface area contributed by atoms with Crippen LogP contribution < -0.4 is 10.1 Å². The molecular formula is C21H20N4O2. The van der Waals surface area contributed by atoms with Crippen molar-refractivity contribution in [1.29, 1.82) is 0 Å². The van der Waals surface area contributed by atoms with Crippen LogP contribution in [0.3, 0.4) is 0 Å². The number of nitrogens with one attached hydrogen (secondary N) is 1. The van der Waals surface area contributed by atoms with E-state index in [0.29, 0.717) is 24.5 Å². The van der Waals surface area contributed by atoms with Crippen molar-refractivity contribution in [3.05, 3.63) is 60.2 Å². The number of aryl methyl sites for hydroxylation is 1. The summed E-state index contributed by atoms with van der Waals surface area (Å²) in [5.74, 6) is 1.04. The van der Waals surface area contributed by atoms with Gasteiger partial charge >= 0.3 is 0 Å². The van der Waals surface area contributed by atoms with Crippen LogP contribution >= 0.6 is 0 Å². The maximum atomic E-state index is 12.7. The Labute approximate surface area is 156 Å². The van der Waals surface area contributed by atoms with E-state index in [1.807, 2.05) is 44.2 Å². The Hall–Kier alpha value is -3.41. The molecule has 0 saturated heterocycles. The van der Waals surface area contributed by atoms with Gasteiger partial charge in [-0.1, -0.05) is 18.2 Å². The van der Waals surface area contributed by atoms with E-state index in [0.717, 1.165) is 27.7 Å². The van der Waals surface area contributed by atoms with Gasteiger partial charge in [0.1, 0.15) is 5.75 Å². The first-order chi connectivity index (χ1) is 13.2. The highest BCUT2D eigenvalue weighted by Gasteiger charge is 2.15. The van der Waals surface area contributed by atoms with Gasteiger partial charge in [-0.3, -0.25) is 4.79 Å². The van der Waals surface area contributed by atoms with Gasteiger partial charge in [-0.15, -0.1) is 0 Å². The van der Waals surface area contributed by atoms with Crippen LogP contribution in [0.2, 0.25) is 0 Å². The summed E-state index contributed by atoms with van der Waals surface area (Å²) in [4.78, 5) is 17.4. The highest BCUT2D eigenvalue weighted by Crippen LogP contribution is 2.26. The Kier molecular flexibility index (Phi) is 4.46. The van der Waals surface area contributed by atoms with Gasteiger partial charge in [-0.2, -0.15) is 5.10 Å². The van der Waals surface area contributed by atoms with Crippen molar-refractivity contribution >= 4 is 33.7 Å². The van der Waals surface area contributed by atoms with E-state index in [-0.39, 0.29) is 5.91 Å². The molecule has 2 aromatic carbocycles. The van der Waals surface area contributed by atoms with E-state index in [4.69, 9.17) is 9.72 Å². The zero-order valence-corrected chi connectivity index (χ0v) is 15.3. The number of pyridine rings is 1. The molecule has 1 N–H and O–H groups in total. The smallest absolute Gasteiger partial charge is 0.256 e. The van der Waals surface area contributed by atoms with Gasteiger partial charge in [0, 0.05) is 17.5 Å². The molecule has 6 nitrogen and oxygen atoms in total. The monoisotopic (exact) mass is 360 g/mol. The second-order valence-electron chi connectivity index (χ2n) is 6.13. The lowest BCUT2D eigenvalue weighted by molar-refractivity contribution is 0.102. The zero-order valence-electron chi connectivity index (χ0n) is 15.3. The van der Waals surface area contributed by atoms with Crippen LogP contribution in [0.4, 0.5) is 5.82 Å². The molecule has 1 amide bonds. The van der Waals surface area contributed by atoms with Crippen LogP contribution in [0.15, 0.2) is 54.6 Å². The average Bonchev–Trinajstić information content (AvgIpc) is 3.03. The number of carbonyl (C=O) groups is 1. The molecule has 0 aliphatic heterocycles. The Morgan fingerprint density at radius 1 is 1.11 bits per heavy atom. The molecule has 0 saturated carbocycles. The number of anilines is 1. The van der Waals surface area contributed by atoms with Crippen LogP contribution in [0, 0.1) is 0 Å². The molecule has 0 aliphatic rings. The lowest BCUT2D eigenvalue weighted by Gasteiger charge is -2.05. The SMILES string of the molecule is CCOc1ccc(C(=O)Nc2nn(CC)c3nc4ccccc4cc23)cc1. The minimum Gasteiger partial charge on any atom is -0.494 e. The molecule has 4 aromatic rings. The fraction of sp³-hybridized carbons (Fsp3) is 0.190. The lowest BCUT2D eigenvalue weighted by atomic mass is 10.2. The number of fused-ring (bicyclic) bond motifs is 2. The number of nitrogens with zero attached hydrogens (tertiary/aromatic N) is 3. The second-order valence-corrected chi connectivity index (χ2v) is 6.13. The summed E-state index contributed by atoms with van der Waals surface area (Å²) in [7, 11) is 0. The number of rotatable bonds is 5. The molecule has 2 heterocycles. The van der Waals surface area contributed by atoms with Crippen molar-refractivity contribution in [2.45, 2.75) is 20.4 Å². The van der Waals surface area contributed by atoms with E-state index in [1.54, 1.807) is 28.9 Å². The minimum absolute atomic E-state index is 0.214. The summed E-state index contributed by atoms with van der Waals surface area (Å²) >= 11 is 0. The Balaban J connectivity index is 1.70. The van der Waals surface area contributed by atoms with E-state index < -0.39 is 0 Å². The molecule has 6 heteroatoms. The maximum absolute atomic E-state index is 12.7. The third-order valence-corrected chi connectivity index (χ3v) is 4.38. The summed E-state index contributed by atoms with van der Waals surface area (Å²) in [6, 6.07) is 17.0. The number of amides is 1. The van der Waals surface area contributed by atoms with Crippen molar-refractivity contribution in [2.24, 2.45) is 0 Å². The molecular weight excluding hydrogens is 340 g/mol. The maximum Gasteiger partial charge on any atom is 0.256 e. The molecule has 0 spiro atoms. The van der Waals surface area contributed by atoms with Crippen LogP contribution in [-0.2, 0) is 6.54 Å². The van der Waals surface area contributed by atoms with E-state index in [9.17, 15) is 4.79 Å². The molecule has 0 bridgehead atoms. The largest absolute Gasteiger partial charge is 0.494 e. The van der Waals surface area contributed by atoms with Crippen molar-refractivity contribution < 1.29 is 9.53 Å². The van der Waals surface area contributed by atoms with Crippen LogP contribution in [0.1, 0.15) is 24.2 Å². The molecule has 0 unspecified atom stereocenters. The van der Waals surface area contributed by atoms with Crippen molar-refractivity contribution in [1.82, 2.24) is 14.8 Å². The quantitative estimate of drug-likeness (QED) is 0.577. The zero-order chi connectivity index (χ0) is 18.8. The second kappa shape index (κ2) is 7.07. The lowest BCUT2D eigenvalue weighted by Crippen LogP contribution is -2.12. The van der Waals surface area contributed by atoms with Gasteiger partial charge in [0.25, 0.3) is 5.91 Å². The summed E-state index contributed by atoms with van der Waals surface area (Å²) in [5.41, 5.74) is 2.22. The molecule has 136 valence electrons. The minimum atomic E-state index is -0.214. The molecule has 0 atom stereocenters. The van der Waals surface area contributed by atoms with Crippen molar-refractivity contribution in [3.8, 4) is 5.75 Å². The summed E-state index contributed by atoms with van der Waals surface area (Å²) in [5, 5.41) is 9.30. The summed E-state index contributed by atoms with van der Waals surface area (Å²) in [6.07, 6.45) is 0. The van der Waals surface area contributed by atoms with Gasteiger partial charge < -0.3 is 10.1 Å². The number of hydrogen-bond donors (Lipinski definition) is 1. The number of para-hydroxylation sites is 1. The van der Waals surface area contributed by atoms with Gasteiger partial charge in [0.2, 0.25) is 0 Å². The molecule has 0 fully saturated rings. The molecule has 27 heavy (non-hydrogen) atoms. The fourth-order valence-electron chi connectivity index (χ4n) is 3.06. The van der Waals surface area contributed by atoms with E-state index >= 15 is 0 Å². The van der Waals surface area contributed by atoms with Crippen LogP contribution in [-0.4, -0.2) is 27.3 Å². The van der Waals surface area contributed by atoms with Crippen LogP contribution in [0.25, 0.3) is 21.9 Å². The number of benzene rings is 2. The first-order valence-electron chi connectivity index (χ1n) is 9.00.